The van der Waals surface area contributed by atoms with Gasteiger partial charge in [0.25, 0.3) is 5.91 Å². The van der Waals surface area contributed by atoms with E-state index in [2.05, 4.69) is 9.98 Å². The first-order valence-corrected chi connectivity index (χ1v) is 6.60. The lowest BCUT2D eigenvalue weighted by atomic mass is 9.88. The Hall–Kier alpha value is -1.91. The first-order chi connectivity index (χ1) is 9.22. The van der Waals surface area contributed by atoms with Gasteiger partial charge in [-0.3, -0.25) is 9.78 Å². The van der Waals surface area contributed by atoms with Crippen molar-refractivity contribution in [1.29, 1.82) is 0 Å². The Morgan fingerprint density at radius 3 is 2.74 bits per heavy atom. The highest BCUT2D eigenvalue weighted by Crippen LogP contribution is 2.35. The van der Waals surface area contributed by atoms with Crippen LogP contribution in [0.4, 0.5) is 0 Å². The van der Waals surface area contributed by atoms with Gasteiger partial charge in [-0.1, -0.05) is 0 Å². The molecule has 5 nitrogen and oxygen atoms in total. The molecule has 3 heterocycles. The van der Waals surface area contributed by atoms with Gasteiger partial charge in [-0.15, -0.1) is 0 Å². The second-order valence-electron chi connectivity index (χ2n) is 5.15. The number of carbonyl (C=O) groups excluding carboxylic acids is 1. The Kier molecular flexibility index (Phi) is 2.97. The van der Waals surface area contributed by atoms with Crippen LogP contribution in [0.1, 0.15) is 25.3 Å². The Labute approximate surface area is 112 Å². The summed E-state index contributed by atoms with van der Waals surface area (Å²) in [6, 6.07) is 3.26. The summed E-state index contributed by atoms with van der Waals surface area (Å²) in [5, 5.41) is 0. The fraction of sp³-hybridized carbons (Fsp3) is 0.500. The molecule has 19 heavy (non-hydrogen) atoms. The van der Waals surface area contributed by atoms with Crippen LogP contribution in [0.2, 0.25) is 0 Å². The smallest absolute Gasteiger partial charge is 0.252 e. The average Bonchev–Trinajstić information content (AvgIpc) is 3.09. The first kappa shape index (κ1) is 12.1. The molecule has 0 aromatic carbocycles. The third-order valence-corrected chi connectivity index (χ3v) is 3.93. The molecule has 100 valence electrons. The molecule has 0 aliphatic carbocycles. The van der Waals surface area contributed by atoms with Gasteiger partial charge in [0.1, 0.15) is 0 Å². The number of likely N-dealkylation sites (tertiary alicyclic amines) is 1. The number of hydrogen-bond donors (Lipinski definition) is 0. The number of aromatic nitrogens is 1. The first-order valence-electron chi connectivity index (χ1n) is 6.60. The van der Waals surface area contributed by atoms with Crippen LogP contribution in [0, 0.1) is 0 Å². The molecule has 5 heteroatoms. The summed E-state index contributed by atoms with van der Waals surface area (Å²) in [4.78, 5) is 22.7. The minimum absolute atomic E-state index is 0.0607. The van der Waals surface area contributed by atoms with Crippen LogP contribution in [0.3, 0.4) is 0 Å². The monoisotopic (exact) mass is 259 g/mol. The van der Waals surface area contributed by atoms with Crippen molar-refractivity contribution in [2.45, 2.75) is 31.4 Å². The molecule has 3 rings (SSSR count). The van der Waals surface area contributed by atoms with Crippen LogP contribution >= 0.6 is 0 Å². The van der Waals surface area contributed by atoms with E-state index in [1.807, 2.05) is 24.0 Å². The summed E-state index contributed by atoms with van der Waals surface area (Å²) >= 11 is 0. The predicted molar refractivity (Wildman–Crippen MR) is 70.8 cm³/mol. The topological polar surface area (TPSA) is 54.8 Å². The zero-order valence-corrected chi connectivity index (χ0v) is 11.0. The minimum Gasteiger partial charge on any atom is -0.470 e. The molecule has 0 N–H and O–H groups in total. The second-order valence-corrected chi connectivity index (χ2v) is 5.15. The van der Waals surface area contributed by atoms with Crippen molar-refractivity contribution < 1.29 is 9.53 Å². The lowest BCUT2D eigenvalue weighted by Crippen LogP contribution is -2.46. The average molecular weight is 259 g/mol. The van der Waals surface area contributed by atoms with Crippen molar-refractivity contribution in [1.82, 2.24) is 9.88 Å². The quantitative estimate of drug-likeness (QED) is 0.805. The van der Waals surface area contributed by atoms with Gasteiger partial charge in [-0.2, -0.15) is 0 Å². The van der Waals surface area contributed by atoms with Crippen molar-refractivity contribution in [3.05, 3.63) is 30.1 Å². The zero-order chi connectivity index (χ0) is 13.3. The summed E-state index contributed by atoms with van der Waals surface area (Å²) in [6.45, 7) is 3.57. The molecule has 2 atom stereocenters. The highest BCUT2D eigenvalue weighted by molar-refractivity contribution is 5.86. The Morgan fingerprint density at radius 1 is 1.37 bits per heavy atom. The van der Waals surface area contributed by atoms with Crippen molar-refractivity contribution in [2.75, 3.05) is 13.1 Å². The van der Waals surface area contributed by atoms with Crippen LogP contribution in [-0.4, -0.2) is 41.3 Å². The van der Waals surface area contributed by atoms with Gasteiger partial charge in [-0.25, -0.2) is 4.99 Å². The number of hydrogen-bond acceptors (Lipinski definition) is 4. The van der Waals surface area contributed by atoms with Crippen molar-refractivity contribution in [3.8, 4) is 0 Å². The van der Waals surface area contributed by atoms with Crippen molar-refractivity contribution in [2.24, 2.45) is 4.99 Å². The number of rotatable bonds is 2. The third-order valence-electron chi connectivity index (χ3n) is 3.93. The van der Waals surface area contributed by atoms with E-state index < -0.39 is 11.6 Å². The van der Waals surface area contributed by atoms with Gasteiger partial charge in [0, 0.05) is 31.0 Å². The Bertz CT molecular complexity index is 497. The SMILES string of the molecule is CC1(c2ccncc2)OC=NC1C(=O)N1CCCC1. The molecule has 1 fully saturated rings. The van der Waals surface area contributed by atoms with E-state index >= 15 is 0 Å². The van der Waals surface area contributed by atoms with Gasteiger partial charge in [0.2, 0.25) is 0 Å². The maximum Gasteiger partial charge on any atom is 0.252 e. The molecular formula is C14H17N3O2. The van der Waals surface area contributed by atoms with Crippen LogP contribution in [0.15, 0.2) is 29.5 Å². The lowest BCUT2D eigenvalue weighted by molar-refractivity contribution is -0.135. The number of ether oxygens (including phenoxy) is 1. The number of nitrogens with zero attached hydrogens (tertiary/aromatic N) is 3. The fourth-order valence-electron chi connectivity index (χ4n) is 2.73. The van der Waals surface area contributed by atoms with E-state index in [-0.39, 0.29) is 5.91 Å². The third kappa shape index (κ3) is 1.99. The highest BCUT2D eigenvalue weighted by atomic mass is 16.5. The summed E-state index contributed by atoms with van der Waals surface area (Å²) in [5.74, 6) is 0.0607. The molecule has 2 aliphatic heterocycles. The van der Waals surface area contributed by atoms with Crippen LogP contribution in [0.25, 0.3) is 0 Å². The fourth-order valence-corrected chi connectivity index (χ4v) is 2.73. The zero-order valence-electron chi connectivity index (χ0n) is 11.0. The van der Waals surface area contributed by atoms with E-state index in [0.29, 0.717) is 0 Å². The number of aliphatic imine (C=N–C) groups is 1. The molecule has 0 bridgehead atoms. The van der Waals surface area contributed by atoms with Crippen molar-refractivity contribution >= 4 is 12.3 Å². The number of carbonyl (C=O) groups is 1. The summed E-state index contributed by atoms with van der Waals surface area (Å²) in [5.41, 5.74) is 0.209. The van der Waals surface area contributed by atoms with E-state index in [1.54, 1.807) is 12.4 Å². The molecule has 1 saturated heterocycles. The van der Waals surface area contributed by atoms with Crippen LogP contribution in [0.5, 0.6) is 0 Å². The predicted octanol–water partition coefficient (Wildman–Crippen LogP) is 1.35. The summed E-state index contributed by atoms with van der Waals surface area (Å²) in [6.07, 6.45) is 6.97. The normalized spacial score (nSPS) is 29.5. The van der Waals surface area contributed by atoms with Gasteiger partial charge < -0.3 is 9.64 Å². The van der Waals surface area contributed by atoms with E-state index in [4.69, 9.17) is 4.74 Å². The number of pyridine rings is 1. The Morgan fingerprint density at radius 2 is 2.05 bits per heavy atom. The summed E-state index contributed by atoms with van der Waals surface area (Å²) in [7, 11) is 0. The molecule has 1 aromatic heterocycles. The van der Waals surface area contributed by atoms with E-state index in [1.165, 1.54) is 6.40 Å². The largest absolute Gasteiger partial charge is 0.470 e. The minimum atomic E-state index is -0.720. The van der Waals surface area contributed by atoms with E-state index in [0.717, 1.165) is 31.5 Å². The second kappa shape index (κ2) is 4.64. The van der Waals surface area contributed by atoms with E-state index in [9.17, 15) is 4.79 Å². The van der Waals surface area contributed by atoms with Gasteiger partial charge in [-0.05, 0) is 31.9 Å². The molecule has 1 amide bonds. The Balaban J connectivity index is 1.88. The molecular weight excluding hydrogens is 242 g/mol. The van der Waals surface area contributed by atoms with Gasteiger partial charge in [0.15, 0.2) is 18.0 Å². The molecule has 0 saturated carbocycles. The maximum absolute atomic E-state index is 12.6. The van der Waals surface area contributed by atoms with Crippen LogP contribution in [-0.2, 0) is 15.1 Å². The molecule has 0 radical (unpaired) electrons. The molecule has 2 aliphatic rings. The molecule has 2 unspecified atom stereocenters. The maximum atomic E-state index is 12.6. The summed E-state index contributed by atoms with van der Waals surface area (Å²) < 4.78 is 5.65. The van der Waals surface area contributed by atoms with Gasteiger partial charge >= 0.3 is 0 Å². The van der Waals surface area contributed by atoms with Gasteiger partial charge in [0.05, 0.1) is 0 Å². The lowest BCUT2D eigenvalue weighted by Gasteiger charge is -2.31. The van der Waals surface area contributed by atoms with Crippen LogP contribution < -0.4 is 0 Å². The number of amides is 1. The standard InChI is InChI=1S/C14H17N3O2/c1-14(11-4-6-15-7-5-11)12(16-10-19-14)13(18)17-8-2-3-9-17/h4-7,10,12H,2-3,8-9H2,1H3. The molecule has 1 aromatic rings. The highest BCUT2D eigenvalue weighted by Gasteiger charge is 2.47. The molecule has 0 spiro atoms. The van der Waals surface area contributed by atoms with Crippen molar-refractivity contribution in [3.63, 3.8) is 0 Å².